The van der Waals surface area contributed by atoms with Crippen LogP contribution < -0.4 is 5.32 Å². The molecule has 0 bridgehead atoms. The SMILES string of the molecule is CCCNc1ncc(Cl)cc1C(=O)OC. The fraction of sp³-hybridized carbons (Fsp3) is 0.400. The van der Waals surface area contributed by atoms with Gasteiger partial charge in [-0.25, -0.2) is 9.78 Å². The van der Waals surface area contributed by atoms with Crippen LogP contribution in [-0.2, 0) is 4.74 Å². The summed E-state index contributed by atoms with van der Waals surface area (Å²) in [4.78, 5) is 15.4. The van der Waals surface area contributed by atoms with Crippen molar-refractivity contribution < 1.29 is 9.53 Å². The zero-order chi connectivity index (χ0) is 11.3. The van der Waals surface area contributed by atoms with Crippen LogP contribution in [0.3, 0.4) is 0 Å². The van der Waals surface area contributed by atoms with E-state index in [0.29, 0.717) is 16.4 Å². The molecule has 0 aliphatic rings. The summed E-state index contributed by atoms with van der Waals surface area (Å²) in [5.74, 6) is 0.0664. The van der Waals surface area contributed by atoms with Crippen LogP contribution in [0.25, 0.3) is 0 Å². The number of methoxy groups -OCH3 is 1. The Morgan fingerprint density at radius 3 is 3.00 bits per heavy atom. The van der Waals surface area contributed by atoms with Crippen molar-refractivity contribution in [3.63, 3.8) is 0 Å². The lowest BCUT2D eigenvalue weighted by Crippen LogP contribution is -2.10. The molecule has 0 fully saturated rings. The third-order valence-electron chi connectivity index (χ3n) is 1.80. The second-order valence-corrected chi connectivity index (χ2v) is 3.40. The molecule has 1 N–H and O–H groups in total. The lowest BCUT2D eigenvalue weighted by atomic mass is 10.2. The molecule has 0 radical (unpaired) electrons. The lowest BCUT2D eigenvalue weighted by Gasteiger charge is -2.08. The Morgan fingerprint density at radius 2 is 2.40 bits per heavy atom. The molecule has 15 heavy (non-hydrogen) atoms. The van der Waals surface area contributed by atoms with Gasteiger partial charge >= 0.3 is 5.97 Å². The standard InChI is InChI=1S/C10H13ClN2O2/c1-3-4-12-9-8(10(14)15-2)5-7(11)6-13-9/h5-6H,3-4H2,1-2H3,(H,12,13). The molecule has 0 aromatic carbocycles. The number of hydrogen-bond donors (Lipinski definition) is 1. The number of hydrogen-bond acceptors (Lipinski definition) is 4. The molecule has 1 heterocycles. The molecule has 0 atom stereocenters. The highest BCUT2D eigenvalue weighted by Gasteiger charge is 2.13. The molecule has 0 unspecified atom stereocenters. The van der Waals surface area contributed by atoms with Crippen molar-refractivity contribution in [2.24, 2.45) is 0 Å². The number of ether oxygens (including phenoxy) is 1. The van der Waals surface area contributed by atoms with Crippen LogP contribution in [-0.4, -0.2) is 24.6 Å². The maximum atomic E-state index is 11.4. The van der Waals surface area contributed by atoms with Crippen molar-refractivity contribution >= 4 is 23.4 Å². The number of carbonyl (C=O) groups is 1. The minimum Gasteiger partial charge on any atom is -0.465 e. The second kappa shape index (κ2) is 5.56. The highest BCUT2D eigenvalue weighted by Crippen LogP contribution is 2.18. The lowest BCUT2D eigenvalue weighted by molar-refractivity contribution is 0.0601. The number of nitrogens with zero attached hydrogens (tertiary/aromatic N) is 1. The number of halogens is 1. The second-order valence-electron chi connectivity index (χ2n) is 2.97. The zero-order valence-electron chi connectivity index (χ0n) is 8.71. The summed E-state index contributed by atoms with van der Waals surface area (Å²) in [6.45, 7) is 2.78. The maximum absolute atomic E-state index is 11.4. The summed E-state index contributed by atoms with van der Waals surface area (Å²) in [7, 11) is 1.33. The Labute approximate surface area is 93.6 Å². The normalized spacial score (nSPS) is 9.80. The topological polar surface area (TPSA) is 51.2 Å². The van der Waals surface area contributed by atoms with Crippen LogP contribution in [0.1, 0.15) is 23.7 Å². The van der Waals surface area contributed by atoms with Gasteiger partial charge in [0.15, 0.2) is 0 Å². The molecule has 1 aromatic heterocycles. The van der Waals surface area contributed by atoms with Gasteiger partial charge in [-0.1, -0.05) is 18.5 Å². The molecule has 1 rings (SSSR count). The molecule has 1 aromatic rings. The van der Waals surface area contributed by atoms with E-state index in [9.17, 15) is 4.79 Å². The molecule has 0 spiro atoms. The van der Waals surface area contributed by atoms with E-state index in [1.54, 1.807) is 6.07 Å². The number of esters is 1. The van der Waals surface area contributed by atoms with Crippen molar-refractivity contribution in [2.45, 2.75) is 13.3 Å². The first-order valence-electron chi connectivity index (χ1n) is 4.66. The highest BCUT2D eigenvalue weighted by atomic mass is 35.5. The van der Waals surface area contributed by atoms with Gasteiger partial charge in [0.25, 0.3) is 0 Å². The van der Waals surface area contributed by atoms with Crippen molar-refractivity contribution in [3.05, 3.63) is 22.8 Å². The summed E-state index contributed by atoms with van der Waals surface area (Å²) >= 11 is 5.75. The van der Waals surface area contributed by atoms with Gasteiger partial charge in [0, 0.05) is 12.7 Å². The predicted octanol–water partition coefficient (Wildman–Crippen LogP) is 2.34. The minimum absolute atomic E-state index is 0.360. The van der Waals surface area contributed by atoms with Gasteiger partial charge in [0.1, 0.15) is 11.4 Å². The molecule has 5 heteroatoms. The summed E-state index contributed by atoms with van der Waals surface area (Å²) in [5.41, 5.74) is 0.360. The Morgan fingerprint density at radius 1 is 1.67 bits per heavy atom. The monoisotopic (exact) mass is 228 g/mol. The van der Waals surface area contributed by atoms with Crippen molar-refractivity contribution in [2.75, 3.05) is 19.0 Å². The fourth-order valence-corrected chi connectivity index (χ4v) is 1.25. The van der Waals surface area contributed by atoms with Gasteiger partial charge in [0.05, 0.1) is 12.1 Å². The van der Waals surface area contributed by atoms with Crippen molar-refractivity contribution in [3.8, 4) is 0 Å². The van der Waals surface area contributed by atoms with Crippen molar-refractivity contribution in [1.82, 2.24) is 4.98 Å². The van der Waals surface area contributed by atoms with Gasteiger partial charge in [-0.2, -0.15) is 0 Å². The van der Waals surface area contributed by atoms with E-state index >= 15 is 0 Å². The van der Waals surface area contributed by atoms with Gasteiger partial charge < -0.3 is 10.1 Å². The average molecular weight is 229 g/mol. The summed E-state index contributed by atoms with van der Waals surface area (Å²) in [5, 5.41) is 3.45. The summed E-state index contributed by atoms with van der Waals surface area (Å²) in [6, 6.07) is 1.54. The Balaban J connectivity index is 2.97. The van der Waals surface area contributed by atoms with Gasteiger partial charge in [0.2, 0.25) is 0 Å². The molecular formula is C10H13ClN2O2. The number of pyridine rings is 1. The van der Waals surface area contributed by atoms with Crippen LogP contribution >= 0.6 is 11.6 Å². The molecule has 0 aliphatic carbocycles. The Hall–Kier alpha value is -1.29. The predicted molar refractivity (Wildman–Crippen MR) is 59.4 cm³/mol. The van der Waals surface area contributed by atoms with Gasteiger partial charge in [-0.15, -0.1) is 0 Å². The molecule has 82 valence electrons. The highest BCUT2D eigenvalue weighted by molar-refractivity contribution is 6.30. The zero-order valence-corrected chi connectivity index (χ0v) is 9.47. The Bertz CT molecular complexity index is 355. The van der Waals surface area contributed by atoms with E-state index in [2.05, 4.69) is 15.0 Å². The van der Waals surface area contributed by atoms with Crippen LogP contribution in [0.15, 0.2) is 12.3 Å². The maximum Gasteiger partial charge on any atom is 0.341 e. The third kappa shape index (κ3) is 3.09. The minimum atomic E-state index is -0.441. The first kappa shape index (κ1) is 11.8. The smallest absolute Gasteiger partial charge is 0.341 e. The van der Waals surface area contributed by atoms with E-state index in [-0.39, 0.29) is 0 Å². The van der Waals surface area contributed by atoms with Gasteiger partial charge in [-0.05, 0) is 12.5 Å². The van der Waals surface area contributed by atoms with E-state index in [1.807, 2.05) is 6.92 Å². The molecule has 0 amide bonds. The third-order valence-corrected chi connectivity index (χ3v) is 2.01. The fourth-order valence-electron chi connectivity index (χ4n) is 1.09. The van der Waals surface area contributed by atoms with Crippen molar-refractivity contribution in [1.29, 1.82) is 0 Å². The number of carbonyl (C=O) groups excluding carboxylic acids is 1. The number of aromatic nitrogens is 1. The molecular weight excluding hydrogens is 216 g/mol. The largest absolute Gasteiger partial charge is 0.465 e. The van der Waals surface area contributed by atoms with E-state index in [1.165, 1.54) is 13.3 Å². The van der Waals surface area contributed by atoms with E-state index < -0.39 is 5.97 Å². The quantitative estimate of drug-likeness (QED) is 0.804. The Kier molecular flexibility index (Phi) is 4.37. The first-order valence-corrected chi connectivity index (χ1v) is 5.04. The molecule has 4 nitrogen and oxygen atoms in total. The van der Waals surface area contributed by atoms with Crippen LogP contribution in [0, 0.1) is 0 Å². The average Bonchev–Trinajstić information content (AvgIpc) is 2.26. The number of rotatable bonds is 4. The molecule has 0 aliphatic heterocycles. The van der Waals surface area contributed by atoms with E-state index in [4.69, 9.17) is 11.6 Å². The van der Waals surface area contributed by atoms with E-state index in [0.717, 1.165) is 13.0 Å². The van der Waals surface area contributed by atoms with Crippen LogP contribution in [0.5, 0.6) is 0 Å². The molecule has 0 saturated carbocycles. The molecule has 0 saturated heterocycles. The number of nitrogens with one attached hydrogen (secondary N) is 1. The summed E-state index contributed by atoms with van der Waals surface area (Å²) < 4.78 is 4.63. The van der Waals surface area contributed by atoms with Crippen LogP contribution in [0.2, 0.25) is 5.02 Å². The first-order chi connectivity index (χ1) is 7.19. The number of anilines is 1. The van der Waals surface area contributed by atoms with Gasteiger partial charge in [-0.3, -0.25) is 0 Å². The summed E-state index contributed by atoms with van der Waals surface area (Å²) in [6.07, 6.45) is 2.44. The van der Waals surface area contributed by atoms with Crippen LogP contribution in [0.4, 0.5) is 5.82 Å².